The fraction of sp³-hybridized carbons (Fsp3) is 0.188. The predicted octanol–water partition coefficient (Wildman–Crippen LogP) is 1.31. The molecule has 1 aromatic carbocycles. The van der Waals surface area contributed by atoms with Crippen LogP contribution in [0.3, 0.4) is 0 Å². The highest BCUT2D eigenvalue weighted by atomic mass is 16.5. The van der Waals surface area contributed by atoms with E-state index in [-0.39, 0.29) is 12.6 Å². The Kier molecular flexibility index (Phi) is 5.93. The molecule has 0 saturated heterocycles. The Bertz CT molecular complexity index is 644. The largest absolute Gasteiger partial charge is 0.484 e. The van der Waals surface area contributed by atoms with Crippen LogP contribution in [0.15, 0.2) is 48.8 Å². The van der Waals surface area contributed by atoms with Crippen LogP contribution in [-0.4, -0.2) is 30.1 Å². The molecule has 0 radical (unpaired) electrons. The molecule has 1 heterocycles. The lowest BCUT2D eigenvalue weighted by Gasteiger charge is -2.09. The fourth-order valence-electron chi connectivity index (χ4n) is 1.83. The molecule has 0 spiro atoms. The summed E-state index contributed by atoms with van der Waals surface area (Å²) in [4.78, 5) is 26.4. The molecule has 0 atom stereocenters. The monoisotopic (exact) mass is 314 g/mol. The Labute approximate surface area is 133 Å². The van der Waals surface area contributed by atoms with Crippen molar-refractivity contribution in [3.8, 4) is 5.75 Å². The molecule has 0 bridgehead atoms. The van der Waals surface area contributed by atoms with E-state index in [1.54, 1.807) is 36.7 Å². The molecular weight excluding hydrogens is 296 g/mol. The van der Waals surface area contributed by atoms with Crippen LogP contribution < -0.4 is 21.1 Å². The quantitative estimate of drug-likeness (QED) is 0.716. The maximum absolute atomic E-state index is 11.8. The van der Waals surface area contributed by atoms with E-state index in [0.29, 0.717) is 24.4 Å². The van der Waals surface area contributed by atoms with E-state index in [9.17, 15) is 9.59 Å². The summed E-state index contributed by atoms with van der Waals surface area (Å²) in [5.74, 6) is -0.0356. The maximum atomic E-state index is 11.8. The third kappa shape index (κ3) is 6.04. The molecule has 2 rings (SSSR count). The topological polar surface area (TPSA) is 106 Å². The number of benzene rings is 1. The lowest BCUT2D eigenvalue weighted by molar-refractivity contribution is -0.119. The summed E-state index contributed by atoms with van der Waals surface area (Å²) in [6, 6.07) is 10.2. The molecule has 7 nitrogen and oxygen atoms in total. The lowest BCUT2D eigenvalue weighted by Crippen LogP contribution is -2.30. The summed E-state index contributed by atoms with van der Waals surface area (Å²) in [6.07, 6.45) is 4.19. The zero-order valence-electron chi connectivity index (χ0n) is 12.5. The first-order chi connectivity index (χ1) is 11.1. The summed E-state index contributed by atoms with van der Waals surface area (Å²) in [5, 5.41) is 5.47. The van der Waals surface area contributed by atoms with Crippen LogP contribution >= 0.6 is 0 Å². The van der Waals surface area contributed by atoms with Crippen molar-refractivity contribution in [2.75, 3.05) is 18.5 Å². The summed E-state index contributed by atoms with van der Waals surface area (Å²) in [7, 11) is 0. The van der Waals surface area contributed by atoms with E-state index in [2.05, 4.69) is 15.6 Å². The molecule has 0 saturated carbocycles. The summed E-state index contributed by atoms with van der Waals surface area (Å²) >= 11 is 0. The van der Waals surface area contributed by atoms with Gasteiger partial charge in [0.2, 0.25) is 0 Å². The number of rotatable bonds is 7. The van der Waals surface area contributed by atoms with Crippen molar-refractivity contribution in [3.05, 3.63) is 54.4 Å². The molecular formula is C16H18N4O3. The smallest absolute Gasteiger partial charge is 0.319 e. The summed E-state index contributed by atoms with van der Waals surface area (Å²) < 4.78 is 5.13. The minimum absolute atomic E-state index is 0.179. The normalized spacial score (nSPS) is 9.91. The van der Waals surface area contributed by atoms with Gasteiger partial charge in [-0.15, -0.1) is 0 Å². The van der Waals surface area contributed by atoms with Gasteiger partial charge in [0.05, 0.1) is 0 Å². The standard InChI is InChI=1S/C16H18N4O3/c17-15(21)11-23-14-5-3-13(4-6-14)20-16(22)19-9-7-12-2-1-8-18-10-12/h1-6,8,10H,7,9,11H2,(H2,17,21)(H2,19,20,22). The maximum Gasteiger partial charge on any atom is 0.319 e. The number of anilines is 1. The van der Waals surface area contributed by atoms with Gasteiger partial charge in [0, 0.05) is 24.6 Å². The number of pyridine rings is 1. The van der Waals surface area contributed by atoms with Crippen molar-refractivity contribution in [3.63, 3.8) is 0 Å². The molecule has 0 fully saturated rings. The second-order valence-corrected chi connectivity index (χ2v) is 4.77. The Hall–Kier alpha value is -3.09. The molecule has 0 aliphatic rings. The fourth-order valence-corrected chi connectivity index (χ4v) is 1.83. The van der Waals surface area contributed by atoms with Gasteiger partial charge in [-0.1, -0.05) is 6.07 Å². The average molecular weight is 314 g/mol. The summed E-state index contributed by atoms with van der Waals surface area (Å²) in [5.41, 5.74) is 6.67. The highest BCUT2D eigenvalue weighted by Crippen LogP contribution is 2.15. The number of amides is 3. The molecule has 0 unspecified atom stereocenters. The first kappa shape index (κ1) is 16.3. The summed E-state index contributed by atoms with van der Waals surface area (Å²) in [6.45, 7) is 0.332. The van der Waals surface area contributed by atoms with Crippen LogP contribution in [0.25, 0.3) is 0 Å². The third-order valence-corrected chi connectivity index (χ3v) is 2.92. The minimum Gasteiger partial charge on any atom is -0.484 e. The van der Waals surface area contributed by atoms with Gasteiger partial charge in [0.1, 0.15) is 5.75 Å². The number of hydrogen-bond acceptors (Lipinski definition) is 4. The average Bonchev–Trinajstić information content (AvgIpc) is 2.55. The molecule has 120 valence electrons. The van der Waals surface area contributed by atoms with Gasteiger partial charge in [0.25, 0.3) is 5.91 Å². The van der Waals surface area contributed by atoms with Gasteiger partial charge in [-0.3, -0.25) is 9.78 Å². The molecule has 1 aromatic heterocycles. The zero-order chi connectivity index (χ0) is 16.5. The second kappa shape index (κ2) is 8.38. The van der Waals surface area contributed by atoms with Crippen molar-refractivity contribution in [1.82, 2.24) is 10.3 Å². The van der Waals surface area contributed by atoms with Crippen LogP contribution in [0.5, 0.6) is 5.75 Å². The molecule has 7 heteroatoms. The van der Waals surface area contributed by atoms with Crippen molar-refractivity contribution in [2.45, 2.75) is 6.42 Å². The van der Waals surface area contributed by atoms with Crippen molar-refractivity contribution < 1.29 is 14.3 Å². The number of primary amides is 1. The van der Waals surface area contributed by atoms with Crippen LogP contribution in [0, 0.1) is 0 Å². The van der Waals surface area contributed by atoms with Gasteiger partial charge in [0.15, 0.2) is 6.61 Å². The number of hydrogen-bond donors (Lipinski definition) is 3. The van der Waals surface area contributed by atoms with Crippen LogP contribution in [-0.2, 0) is 11.2 Å². The molecule has 2 aromatic rings. The number of nitrogens with two attached hydrogens (primary N) is 1. The van der Waals surface area contributed by atoms with Gasteiger partial charge in [-0.05, 0) is 42.3 Å². The predicted molar refractivity (Wildman–Crippen MR) is 86.1 cm³/mol. The SMILES string of the molecule is NC(=O)COc1ccc(NC(=O)NCCc2cccnc2)cc1. The second-order valence-electron chi connectivity index (χ2n) is 4.77. The number of urea groups is 1. The van der Waals surface area contributed by atoms with Gasteiger partial charge >= 0.3 is 6.03 Å². The Balaban J connectivity index is 1.73. The van der Waals surface area contributed by atoms with Crippen molar-refractivity contribution in [1.29, 1.82) is 0 Å². The minimum atomic E-state index is -0.541. The first-order valence-electron chi connectivity index (χ1n) is 7.08. The number of carbonyl (C=O) groups excluding carboxylic acids is 2. The highest BCUT2D eigenvalue weighted by molar-refractivity contribution is 5.89. The van der Waals surface area contributed by atoms with Crippen molar-refractivity contribution in [2.24, 2.45) is 5.73 Å². The number of nitrogens with one attached hydrogen (secondary N) is 2. The van der Waals surface area contributed by atoms with Crippen LogP contribution in [0.2, 0.25) is 0 Å². The number of nitrogens with zero attached hydrogens (tertiary/aromatic N) is 1. The van der Waals surface area contributed by atoms with E-state index in [1.165, 1.54) is 0 Å². The van der Waals surface area contributed by atoms with E-state index < -0.39 is 5.91 Å². The van der Waals surface area contributed by atoms with E-state index >= 15 is 0 Å². The molecule has 3 amide bonds. The van der Waals surface area contributed by atoms with E-state index in [4.69, 9.17) is 10.5 Å². The molecule has 23 heavy (non-hydrogen) atoms. The highest BCUT2D eigenvalue weighted by Gasteiger charge is 2.02. The van der Waals surface area contributed by atoms with Crippen molar-refractivity contribution >= 4 is 17.6 Å². The third-order valence-electron chi connectivity index (χ3n) is 2.92. The van der Waals surface area contributed by atoms with Gasteiger partial charge in [-0.2, -0.15) is 0 Å². The molecule has 0 aliphatic heterocycles. The van der Waals surface area contributed by atoms with Gasteiger partial charge < -0.3 is 21.1 Å². The van der Waals surface area contributed by atoms with E-state index in [0.717, 1.165) is 5.56 Å². The molecule has 4 N–H and O–H groups in total. The Morgan fingerprint density at radius 3 is 2.61 bits per heavy atom. The Morgan fingerprint density at radius 2 is 1.96 bits per heavy atom. The van der Waals surface area contributed by atoms with Crippen LogP contribution in [0.4, 0.5) is 10.5 Å². The number of carbonyl (C=O) groups is 2. The zero-order valence-corrected chi connectivity index (χ0v) is 12.5. The number of aromatic nitrogens is 1. The number of ether oxygens (including phenoxy) is 1. The first-order valence-corrected chi connectivity index (χ1v) is 7.08. The Morgan fingerprint density at radius 1 is 1.17 bits per heavy atom. The lowest BCUT2D eigenvalue weighted by atomic mass is 10.2. The van der Waals surface area contributed by atoms with E-state index in [1.807, 2.05) is 12.1 Å². The van der Waals surface area contributed by atoms with Crippen LogP contribution in [0.1, 0.15) is 5.56 Å². The van der Waals surface area contributed by atoms with Gasteiger partial charge in [-0.25, -0.2) is 4.79 Å². The molecule has 0 aliphatic carbocycles.